The van der Waals surface area contributed by atoms with E-state index in [-0.39, 0.29) is 19.4 Å². The molecule has 20 heavy (non-hydrogen) atoms. The lowest BCUT2D eigenvalue weighted by Crippen LogP contribution is -2.54. The molecule has 120 valence electrons. The normalized spacial score (nSPS) is 28.9. The summed E-state index contributed by atoms with van der Waals surface area (Å²) in [7, 11) is 1.50. The second-order valence-electron chi connectivity index (χ2n) is 5.01. The highest BCUT2D eigenvalue weighted by Gasteiger charge is 2.59. The van der Waals surface area contributed by atoms with Crippen LogP contribution in [0.5, 0.6) is 0 Å². The molecule has 0 radical (unpaired) electrons. The fraction of sp³-hybridized carbons (Fsp3) is 1.00. The molecule has 2 unspecified atom stereocenters. The molecule has 2 atom stereocenters. The predicted molar refractivity (Wildman–Crippen MR) is 58.1 cm³/mol. The van der Waals surface area contributed by atoms with Gasteiger partial charge in [0.15, 0.2) is 0 Å². The van der Waals surface area contributed by atoms with Gasteiger partial charge < -0.3 is 15.2 Å². The molecule has 0 aromatic carbocycles. The van der Waals surface area contributed by atoms with Gasteiger partial charge in [-0.1, -0.05) is 0 Å². The highest BCUT2D eigenvalue weighted by atomic mass is 19.4. The first-order valence-electron chi connectivity index (χ1n) is 6.13. The lowest BCUT2D eigenvalue weighted by Gasteiger charge is -2.40. The number of likely N-dealkylation sites (N-methyl/N-ethyl adjacent to an activating group) is 1. The van der Waals surface area contributed by atoms with Crippen LogP contribution in [0.2, 0.25) is 0 Å². The Morgan fingerprint density at radius 2 is 1.80 bits per heavy atom. The molecule has 1 fully saturated rings. The third-order valence-corrected chi connectivity index (χ3v) is 3.56. The largest absolute Gasteiger partial charge is 0.423 e. The van der Waals surface area contributed by atoms with Gasteiger partial charge >= 0.3 is 12.4 Å². The van der Waals surface area contributed by atoms with Crippen molar-refractivity contribution < 1.29 is 36.2 Å². The summed E-state index contributed by atoms with van der Waals surface area (Å²) in [5.74, 6) is 0. The molecular weight excluding hydrogens is 292 g/mol. The third kappa shape index (κ3) is 4.23. The van der Waals surface area contributed by atoms with Gasteiger partial charge in [0.25, 0.3) is 0 Å². The van der Waals surface area contributed by atoms with Gasteiger partial charge in [-0.05, 0) is 32.7 Å². The van der Waals surface area contributed by atoms with E-state index in [4.69, 9.17) is 0 Å². The van der Waals surface area contributed by atoms with Gasteiger partial charge in [-0.15, -0.1) is 0 Å². The van der Waals surface area contributed by atoms with Crippen molar-refractivity contribution in [1.82, 2.24) is 5.32 Å². The van der Waals surface area contributed by atoms with Crippen LogP contribution in [-0.4, -0.2) is 48.9 Å². The summed E-state index contributed by atoms with van der Waals surface area (Å²) in [4.78, 5) is 0. The van der Waals surface area contributed by atoms with Gasteiger partial charge in [0.05, 0.1) is 12.7 Å². The van der Waals surface area contributed by atoms with Crippen LogP contribution >= 0.6 is 0 Å². The molecule has 0 heterocycles. The van der Waals surface area contributed by atoms with Gasteiger partial charge in [0, 0.05) is 5.54 Å². The highest BCUT2D eigenvalue weighted by Crippen LogP contribution is 2.39. The maximum absolute atomic E-state index is 12.4. The highest BCUT2D eigenvalue weighted by molar-refractivity contribution is 4.94. The Hall–Kier alpha value is -0.540. The van der Waals surface area contributed by atoms with E-state index < -0.39 is 30.1 Å². The zero-order valence-electron chi connectivity index (χ0n) is 10.8. The van der Waals surface area contributed by atoms with Gasteiger partial charge in [-0.25, -0.2) is 0 Å². The van der Waals surface area contributed by atoms with Crippen LogP contribution in [0.1, 0.15) is 25.7 Å². The Balaban J connectivity index is 2.79. The van der Waals surface area contributed by atoms with Gasteiger partial charge in [-0.2, -0.15) is 26.3 Å². The molecule has 0 saturated heterocycles. The van der Waals surface area contributed by atoms with E-state index in [2.05, 4.69) is 10.1 Å². The lowest BCUT2D eigenvalue weighted by atomic mass is 9.80. The summed E-state index contributed by atoms with van der Waals surface area (Å²) in [6.45, 7) is -0.369. The first-order valence-corrected chi connectivity index (χ1v) is 6.13. The van der Waals surface area contributed by atoms with Crippen LogP contribution in [0.3, 0.4) is 0 Å². The van der Waals surface area contributed by atoms with Crippen LogP contribution in [0.25, 0.3) is 0 Å². The van der Waals surface area contributed by atoms with Gasteiger partial charge in [-0.3, -0.25) is 0 Å². The van der Waals surface area contributed by atoms with E-state index in [9.17, 15) is 31.4 Å². The molecule has 2 N–H and O–H groups in total. The van der Waals surface area contributed by atoms with Crippen LogP contribution in [0, 0.1) is 0 Å². The Kier molecular flexibility index (Phi) is 5.31. The van der Waals surface area contributed by atoms with E-state index in [0.717, 1.165) is 0 Å². The number of alkyl halides is 6. The summed E-state index contributed by atoms with van der Waals surface area (Å²) in [5, 5.41) is 12.0. The van der Waals surface area contributed by atoms with E-state index >= 15 is 0 Å². The maximum atomic E-state index is 12.4. The molecule has 0 aromatic heterocycles. The number of rotatable bonds is 4. The van der Waals surface area contributed by atoms with Crippen molar-refractivity contribution in [2.24, 2.45) is 0 Å². The fourth-order valence-electron chi connectivity index (χ4n) is 2.41. The number of ether oxygens (including phenoxy) is 1. The zero-order valence-corrected chi connectivity index (χ0v) is 10.8. The standard InChI is InChI=1S/C11H17F6NO2/c1-18-9(6-19)4-2-3-7(5-9)20-8(10(12,13)14)11(15,16)17/h7-8,18-19H,2-6H2,1H3. The minimum absolute atomic E-state index is 0.0946. The van der Waals surface area contributed by atoms with Crippen molar-refractivity contribution in [3.8, 4) is 0 Å². The molecule has 0 aliphatic heterocycles. The third-order valence-electron chi connectivity index (χ3n) is 3.56. The van der Waals surface area contributed by atoms with Crippen molar-refractivity contribution in [2.75, 3.05) is 13.7 Å². The number of aliphatic hydroxyl groups excluding tert-OH is 1. The average molecular weight is 309 g/mol. The summed E-state index contributed by atoms with van der Waals surface area (Å²) in [5.41, 5.74) is -0.884. The smallest absolute Gasteiger partial charge is 0.394 e. The van der Waals surface area contributed by atoms with Crippen molar-refractivity contribution in [1.29, 1.82) is 0 Å². The second kappa shape index (κ2) is 6.07. The molecule has 0 aromatic rings. The van der Waals surface area contributed by atoms with Crippen molar-refractivity contribution in [2.45, 2.75) is 55.8 Å². The van der Waals surface area contributed by atoms with E-state index in [0.29, 0.717) is 12.8 Å². The first kappa shape index (κ1) is 17.5. The number of aliphatic hydroxyl groups is 1. The van der Waals surface area contributed by atoms with Gasteiger partial charge in [0.1, 0.15) is 0 Å². The molecule has 0 spiro atoms. The van der Waals surface area contributed by atoms with Crippen LogP contribution < -0.4 is 5.32 Å². The fourth-order valence-corrected chi connectivity index (χ4v) is 2.41. The predicted octanol–water partition coefficient (Wildman–Crippen LogP) is 2.39. The number of nitrogens with one attached hydrogen (secondary N) is 1. The minimum Gasteiger partial charge on any atom is -0.394 e. The average Bonchev–Trinajstić information content (AvgIpc) is 2.33. The lowest BCUT2D eigenvalue weighted by molar-refractivity contribution is -0.333. The number of halogens is 6. The van der Waals surface area contributed by atoms with Crippen molar-refractivity contribution in [3.63, 3.8) is 0 Å². The Labute approximate surface area is 112 Å². The molecule has 9 heteroatoms. The maximum Gasteiger partial charge on any atom is 0.423 e. The molecular formula is C11H17F6NO2. The molecule has 1 aliphatic rings. The molecule has 0 bridgehead atoms. The molecule has 3 nitrogen and oxygen atoms in total. The summed E-state index contributed by atoms with van der Waals surface area (Å²) >= 11 is 0. The topological polar surface area (TPSA) is 41.5 Å². The van der Waals surface area contributed by atoms with Crippen molar-refractivity contribution in [3.05, 3.63) is 0 Å². The van der Waals surface area contributed by atoms with E-state index in [1.165, 1.54) is 7.05 Å². The Morgan fingerprint density at radius 3 is 2.20 bits per heavy atom. The zero-order chi connectivity index (χ0) is 15.6. The quantitative estimate of drug-likeness (QED) is 0.784. The SMILES string of the molecule is CNC1(CO)CCCC(OC(C(F)(F)F)C(F)(F)F)C1. The molecule has 1 saturated carbocycles. The molecule has 1 rings (SSSR count). The second-order valence-corrected chi connectivity index (χ2v) is 5.01. The molecule has 1 aliphatic carbocycles. The van der Waals surface area contributed by atoms with E-state index in [1.54, 1.807) is 0 Å². The monoisotopic (exact) mass is 309 g/mol. The van der Waals surface area contributed by atoms with Crippen molar-refractivity contribution >= 4 is 0 Å². The Bertz CT molecular complexity index is 299. The van der Waals surface area contributed by atoms with Crippen LogP contribution in [0.4, 0.5) is 26.3 Å². The first-order chi connectivity index (χ1) is 9.04. The van der Waals surface area contributed by atoms with E-state index in [1.807, 2.05) is 0 Å². The summed E-state index contributed by atoms with van der Waals surface area (Å²) in [6, 6.07) is 0. The number of hydrogen-bond acceptors (Lipinski definition) is 3. The van der Waals surface area contributed by atoms with Crippen LogP contribution in [-0.2, 0) is 4.74 Å². The summed E-state index contributed by atoms with van der Waals surface area (Å²) in [6.07, 6.45) is -15.1. The molecule has 0 amide bonds. The van der Waals surface area contributed by atoms with Crippen LogP contribution in [0.15, 0.2) is 0 Å². The Morgan fingerprint density at radius 1 is 1.25 bits per heavy atom. The minimum atomic E-state index is -5.50. The number of hydrogen-bond donors (Lipinski definition) is 2. The summed E-state index contributed by atoms with van der Waals surface area (Å²) < 4.78 is 78.8. The van der Waals surface area contributed by atoms with Gasteiger partial charge in [0.2, 0.25) is 6.10 Å².